The lowest BCUT2D eigenvalue weighted by Gasteiger charge is -2.10. The maximum absolute atomic E-state index is 12.2. The molecule has 0 unspecified atom stereocenters. The Hall–Kier alpha value is -1.99. The van der Waals surface area contributed by atoms with Crippen molar-refractivity contribution in [2.24, 2.45) is 0 Å². The summed E-state index contributed by atoms with van der Waals surface area (Å²) in [5, 5.41) is 15.2. The van der Waals surface area contributed by atoms with Gasteiger partial charge in [0.1, 0.15) is 5.01 Å². The van der Waals surface area contributed by atoms with Gasteiger partial charge in [-0.3, -0.25) is 9.59 Å². The van der Waals surface area contributed by atoms with Gasteiger partial charge in [-0.2, -0.15) is 0 Å². The molecule has 2 aromatic rings. The van der Waals surface area contributed by atoms with E-state index in [4.69, 9.17) is 11.6 Å². The van der Waals surface area contributed by atoms with Gasteiger partial charge in [-0.05, 0) is 31.0 Å². The van der Waals surface area contributed by atoms with Crippen LogP contribution in [0.25, 0.3) is 0 Å². The molecule has 2 N–H and O–H groups in total. The first-order chi connectivity index (χ1) is 12.1. The Labute approximate surface area is 155 Å². The summed E-state index contributed by atoms with van der Waals surface area (Å²) in [7, 11) is 0. The summed E-state index contributed by atoms with van der Waals surface area (Å²) < 4.78 is 0. The maximum Gasteiger partial charge on any atom is 0.286 e. The fourth-order valence-electron chi connectivity index (χ4n) is 2.79. The zero-order valence-electron chi connectivity index (χ0n) is 13.6. The second-order valence-corrected chi connectivity index (χ2v) is 7.51. The Morgan fingerprint density at radius 1 is 1.24 bits per heavy atom. The van der Waals surface area contributed by atoms with Crippen LogP contribution in [0.4, 0.5) is 5.69 Å². The second kappa shape index (κ2) is 8.40. The van der Waals surface area contributed by atoms with E-state index < -0.39 is 0 Å². The molecule has 0 aliphatic heterocycles. The van der Waals surface area contributed by atoms with Crippen LogP contribution in [0.3, 0.4) is 0 Å². The normalized spacial score (nSPS) is 14.4. The largest absolute Gasteiger partial charge is 0.353 e. The molecule has 132 valence electrons. The number of rotatable bonds is 6. The number of nitrogens with zero attached hydrogens (tertiary/aromatic N) is 2. The van der Waals surface area contributed by atoms with Crippen LogP contribution in [-0.4, -0.2) is 28.1 Å². The minimum atomic E-state index is -0.332. The van der Waals surface area contributed by atoms with Gasteiger partial charge in [-0.15, -0.1) is 10.2 Å². The number of amides is 2. The summed E-state index contributed by atoms with van der Waals surface area (Å²) >= 11 is 7.10. The third kappa shape index (κ3) is 5.24. The molecule has 8 heteroatoms. The highest BCUT2D eigenvalue weighted by Crippen LogP contribution is 2.19. The van der Waals surface area contributed by atoms with E-state index in [0.29, 0.717) is 34.6 Å². The maximum atomic E-state index is 12.2. The molecule has 0 atom stereocenters. The molecular weight excluding hydrogens is 360 g/mol. The first-order valence-corrected chi connectivity index (χ1v) is 9.48. The summed E-state index contributed by atoms with van der Waals surface area (Å²) in [4.78, 5) is 24.1. The van der Waals surface area contributed by atoms with Gasteiger partial charge in [0.2, 0.25) is 10.9 Å². The first kappa shape index (κ1) is 17.8. The lowest BCUT2D eigenvalue weighted by Crippen LogP contribution is -2.32. The highest BCUT2D eigenvalue weighted by Gasteiger charge is 2.18. The van der Waals surface area contributed by atoms with Gasteiger partial charge < -0.3 is 10.6 Å². The molecule has 1 saturated carbocycles. The Bertz CT molecular complexity index is 759. The molecule has 25 heavy (non-hydrogen) atoms. The van der Waals surface area contributed by atoms with Crippen molar-refractivity contribution in [2.45, 2.75) is 44.6 Å². The topological polar surface area (TPSA) is 84.0 Å². The Morgan fingerprint density at radius 2 is 2.04 bits per heavy atom. The van der Waals surface area contributed by atoms with E-state index in [0.717, 1.165) is 12.8 Å². The van der Waals surface area contributed by atoms with Gasteiger partial charge in [-0.1, -0.05) is 41.8 Å². The number of benzene rings is 1. The molecule has 3 rings (SSSR count). The predicted octanol–water partition coefficient (Wildman–Crippen LogP) is 3.44. The van der Waals surface area contributed by atoms with Gasteiger partial charge in [0.25, 0.3) is 5.91 Å². The lowest BCUT2D eigenvalue weighted by atomic mass is 10.2. The molecule has 1 heterocycles. The fraction of sp³-hybridized carbons (Fsp3) is 0.412. The van der Waals surface area contributed by atoms with E-state index in [-0.39, 0.29) is 16.8 Å². The molecule has 0 bridgehead atoms. The minimum Gasteiger partial charge on any atom is -0.353 e. The number of nitrogens with one attached hydrogen (secondary N) is 2. The second-order valence-electron chi connectivity index (χ2n) is 6.01. The molecular formula is C17H19ClN4O2S. The van der Waals surface area contributed by atoms with Gasteiger partial charge in [0.15, 0.2) is 0 Å². The first-order valence-electron chi connectivity index (χ1n) is 8.29. The van der Waals surface area contributed by atoms with Gasteiger partial charge in [-0.25, -0.2) is 0 Å². The number of halogens is 1. The molecule has 1 aliphatic carbocycles. The molecule has 1 aromatic carbocycles. The average Bonchev–Trinajstić information content (AvgIpc) is 3.24. The quantitative estimate of drug-likeness (QED) is 0.806. The number of hydrogen-bond donors (Lipinski definition) is 2. The van der Waals surface area contributed by atoms with Gasteiger partial charge >= 0.3 is 0 Å². The van der Waals surface area contributed by atoms with Crippen LogP contribution in [0.15, 0.2) is 24.3 Å². The third-order valence-corrected chi connectivity index (χ3v) is 5.25. The molecule has 2 amide bonds. The summed E-state index contributed by atoms with van der Waals surface area (Å²) in [5.74, 6) is -0.298. The van der Waals surface area contributed by atoms with Crippen LogP contribution in [0.1, 0.15) is 46.9 Å². The number of carbonyl (C=O) groups is 2. The van der Waals surface area contributed by atoms with E-state index in [1.165, 1.54) is 24.2 Å². The van der Waals surface area contributed by atoms with Crippen LogP contribution < -0.4 is 10.6 Å². The fourth-order valence-corrected chi connectivity index (χ4v) is 3.71. The SMILES string of the molecule is O=C(CCc1nnc(C(=O)Nc2cccc(Cl)c2)s1)NC1CCCC1. The van der Waals surface area contributed by atoms with Gasteiger partial charge in [0.05, 0.1) is 0 Å². The van der Waals surface area contributed by atoms with Crippen molar-refractivity contribution in [1.82, 2.24) is 15.5 Å². The van der Waals surface area contributed by atoms with Crippen LogP contribution >= 0.6 is 22.9 Å². The zero-order chi connectivity index (χ0) is 17.6. The molecule has 1 aromatic heterocycles. The van der Waals surface area contributed by atoms with E-state index in [2.05, 4.69) is 20.8 Å². The van der Waals surface area contributed by atoms with Crippen LogP contribution in [0.5, 0.6) is 0 Å². The standard InChI is InChI=1S/C17H19ClN4O2S/c18-11-4-3-7-13(10-11)20-16(24)17-22-21-15(25-17)9-8-14(23)19-12-5-1-2-6-12/h3-4,7,10,12H,1-2,5-6,8-9H2,(H,19,23)(H,20,24). The van der Waals surface area contributed by atoms with E-state index in [1.54, 1.807) is 24.3 Å². The Balaban J connectivity index is 1.49. The molecule has 6 nitrogen and oxygen atoms in total. The predicted molar refractivity (Wildman–Crippen MR) is 98.0 cm³/mol. The van der Waals surface area contributed by atoms with Crippen LogP contribution in [-0.2, 0) is 11.2 Å². The minimum absolute atomic E-state index is 0.0343. The molecule has 0 saturated heterocycles. The summed E-state index contributed by atoms with van der Waals surface area (Å²) in [6.45, 7) is 0. The number of hydrogen-bond acceptors (Lipinski definition) is 5. The van der Waals surface area contributed by atoms with Crippen LogP contribution in [0, 0.1) is 0 Å². The molecule has 1 aliphatic rings. The summed E-state index contributed by atoms with van der Waals surface area (Å²) in [6, 6.07) is 7.22. The number of anilines is 1. The Morgan fingerprint density at radius 3 is 2.80 bits per heavy atom. The lowest BCUT2D eigenvalue weighted by molar-refractivity contribution is -0.121. The van der Waals surface area contributed by atoms with Crippen molar-refractivity contribution in [1.29, 1.82) is 0 Å². The number of carbonyl (C=O) groups excluding carboxylic acids is 2. The van der Waals surface area contributed by atoms with Crippen LogP contribution in [0.2, 0.25) is 5.02 Å². The average molecular weight is 379 g/mol. The summed E-state index contributed by atoms with van der Waals surface area (Å²) in [5.41, 5.74) is 0.602. The van der Waals surface area contributed by atoms with Crippen molar-refractivity contribution in [2.75, 3.05) is 5.32 Å². The van der Waals surface area contributed by atoms with Gasteiger partial charge in [0, 0.05) is 29.6 Å². The van der Waals surface area contributed by atoms with Crippen molar-refractivity contribution >= 4 is 40.4 Å². The van der Waals surface area contributed by atoms with E-state index >= 15 is 0 Å². The summed E-state index contributed by atoms with van der Waals surface area (Å²) in [6.07, 6.45) is 5.36. The zero-order valence-corrected chi connectivity index (χ0v) is 15.2. The molecule has 0 radical (unpaired) electrons. The molecule has 1 fully saturated rings. The van der Waals surface area contributed by atoms with Crippen molar-refractivity contribution in [3.05, 3.63) is 39.3 Å². The highest BCUT2D eigenvalue weighted by molar-refractivity contribution is 7.13. The smallest absolute Gasteiger partial charge is 0.286 e. The van der Waals surface area contributed by atoms with Crippen molar-refractivity contribution in [3.8, 4) is 0 Å². The highest BCUT2D eigenvalue weighted by atomic mass is 35.5. The van der Waals surface area contributed by atoms with E-state index in [9.17, 15) is 9.59 Å². The molecule has 0 spiro atoms. The third-order valence-electron chi connectivity index (χ3n) is 4.03. The number of aryl methyl sites for hydroxylation is 1. The van der Waals surface area contributed by atoms with Crippen molar-refractivity contribution < 1.29 is 9.59 Å². The van der Waals surface area contributed by atoms with E-state index in [1.807, 2.05) is 0 Å². The number of aromatic nitrogens is 2. The Kier molecular flexibility index (Phi) is 5.99. The monoisotopic (exact) mass is 378 g/mol. The van der Waals surface area contributed by atoms with Crippen molar-refractivity contribution in [3.63, 3.8) is 0 Å².